The number of benzene rings is 1. The quantitative estimate of drug-likeness (QED) is 0.835. The molecule has 2 unspecified atom stereocenters. The molecule has 114 valence electrons. The number of aromatic nitrogens is 1. The highest BCUT2D eigenvalue weighted by molar-refractivity contribution is 5.79. The fourth-order valence-corrected chi connectivity index (χ4v) is 2.32. The third-order valence-corrected chi connectivity index (χ3v) is 3.27. The highest BCUT2D eigenvalue weighted by Gasteiger charge is 2.13. The number of oxazole rings is 1. The van der Waals surface area contributed by atoms with E-state index in [1.807, 2.05) is 6.92 Å². The maximum atomic E-state index is 11.9. The highest BCUT2D eigenvalue weighted by Crippen LogP contribution is 2.11. The van der Waals surface area contributed by atoms with E-state index in [2.05, 4.69) is 5.32 Å². The zero-order chi connectivity index (χ0) is 15.4. The van der Waals surface area contributed by atoms with Crippen LogP contribution in [-0.2, 0) is 11.3 Å². The number of rotatable bonds is 6. The Morgan fingerprint density at radius 1 is 1.38 bits per heavy atom. The molecule has 2 N–H and O–H groups in total. The number of aliphatic hydroxyl groups is 1. The molecule has 1 heterocycles. The molecule has 2 aromatic rings. The number of carbonyl (C=O) groups is 1. The number of hydrogen-bond acceptors (Lipinski definition) is 4. The standard InChI is InChI=1S/C15H20N2O4/c1-10(7-11(2)18)8-16-14(19)9-17-12-5-3-4-6-13(12)21-15(17)20/h3-6,10-11,18H,7-9H2,1-2H3,(H,16,19). The van der Waals surface area contributed by atoms with Gasteiger partial charge in [0, 0.05) is 6.54 Å². The van der Waals surface area contributed by atoms with Crippen LogP contribution in [0.25, 0.3) is 11.1 Å². The van der Waals surface area contributed by atoms with Gasteiger partial charge in [0.1, 0.15) is 6.54 Å². The van der Waals surface area contributed by atoms with Crippen LogP contribution >= 0.6 is 0 Å². The Labute approximate surface area is 122 Å². The van der Waals surface area contributed by atoms with Crippen LogP contribution < -0.4 is 11.1 Å². The van der Waals surface area contributed by atoms with Crippen molar-refractivity contribution < 1.29 is 14.3 Å². The van der Waals surface area contributed by atoms with Gasteiger partial charge in [-0.3, -0.25) is 9.36 Å². The first-order chi connectivity index (χ1) is 9.97. The van der Waals surface area contributed by atoms with Gasteiger partial charge >= 0.3 is 5.76 Å². The molecule has 6 heteroatoms. The molecule has 0 spiro atoms. The van der Waals surface area contributed by atoms with Crippen molar-refractivity contribution in [1.82, 2.24) is 9.88 Å². The molecule has 1 aromatic carbocycles. The average molecular weight is 292 g/mol. The van der Waals surface area contributed by atoms with Crippen molar-refractivity contribution in [2.24, 2.45) is 5.92 Å². The predicted molar refractivity (Wildman–Crippen MR) is 78.9 cm³/mol. The molecule has 0 bridgehead atoms. The third kappa shape index (κ3) is 3.95. The van der Waals surface area contributed by atoms with Crippen LogP contribution in [0.15, 0.2) is 33.5 Å². The van der Waals surface area contributed by atoms with E-state index in [9.17, 15) is 14.7 Å². The molecule has 0 aliphatic rings. The van der Waals surface area contributed by atoms with Crippen molar-refractivity contribution in [2.45, 2.75) is 32.9 Å². The first-order valence-electron chi connectivity index (χ1n) is 7.00. The minimum Gasteiger partial charge on any atom is -0.408 e. The summed E-state index contributed by atoms with van der Waals surface area (Å²) in [6.07, 6.45) is 0.229. The molecule has 1 aromatic heterocycles. The van der Waals surface area contributed by atoms with E-state index in [0.29, 0.717) is 24.1 Å². The Balaban J connectivity index is 1.99. The van der Waals surface area contributed by atoms with Gasteiger partial charge < -0.3 is 14.8 Å². The molecule has 0 radical (unpaired) electrons. The van der Waals surface area contributed by atoms with E-state index in [0.717, 1.165) is 0 Å². The number of nitrogens with one attached hydrogen (secondary N) is 1. The molecule has 0 aliphatic carbocycles. The van der Waals surface area contributed by atoms with Crippen LogP contribution in [-0.4, -0.2) is 28.2 Å². The molecule has 2 atom stereocenters. The summed E-state index contributed by atoms with van der Waals surface area (Å²) in [6.45, 7) is 4.06. The van der Waals surface area contributed by atoms with Crippen molar-refractivity contribution in [1.29, 1.82) is 0 Å². The lowest BCUT2D eigenvalue weighted by Gasteiger charge is -2.14. The minimum atomic E-state index is -0.539. The predicted octanol–water partition coefficient (Wildman–Crippen LogP) is 1.12. The summed E-state index contributed by atoms with van der Waals surface area (Å²) in [5.41, 5.74) is 1.08. The largest absolute Gasteiger partial charge is 0.420 e. The van der Waals surface area contributed by atoms with E-state index in [4.69, 9.17) is 4.42 Å². The second-order valence-corrected chi connectivity index (χ2v) is 5.42. The molecule has 0 aliphatic heterocycles. The normalized spacial score (nSPS) is 14.0. The van der Waals surface area contributed by atoms with Crippen molar-refractivity contribution in [2.75, 3.05) is 6.54 Å². The number of aliphatic hydroxyl groups excluding tert-OH is 1. The summed E-state index contributed by atoms with van der Waals surface area (Å²) in [6, 6.07) is 6.99. The summed E-state index contributed by atoms with van der Waals surface area (Å²) in [4.78, 5) is 23.7. The van der Waals surface area contributed by atoms with E-state index in [1.54, 1.807) is 31.2 Å². The Morgan fingerprint density at radius 2 is 2.10 bits per heavy atom. The van der Waals surface area contributed by atoms with Crippen LogP contribution in [0.2, 0.25) is 0 Å². The Morgan fingerprint density at radius 3 is 2.81 bits per heavy atom. The molecule has 1 amide bonds. The number of amides is 1. The van der Waals surface area contributed by atoms with E-state index >= 15 is 0 Å². The summed E-state index contributed by atoms with van der Waals surface area (Å²) < 4.78 is 6.38. The topological polar surface area (TPSA) is 84.5 Å². The van der Waals surface area contributed by atoms with Gasteiger partial charge in [-0.2, -0.15) is 0 Å². The fourth-order valence-electron chi connectivity index (χ4n) is 2.32. The molecular weight excluding hydrogens is 272 g/mol. The van der Waals surface area contributed by atoms with Crippen LogP contribution in [0.4, 0.5) is 0 Å². The molecule has 2 rings (SSSR count). The first kappa shape index (κ1) is 15.3. The molecule has 0 saturated carbocycles. The lowest BCUT2D eigenvalue weighted by molar-refractivity contribution is -0.121. The van der Waals surface area contributed by atoms with Gasteiger partial charge in [0.25, 0.3) is 0 Å². The number of hydrogen-bond donors (Lipinski definition) is 2. The summed E-state index contributed by atoms with van der Waals surface area (Å²) >= 11 is 0. The zero-order valence-corrected chi connectivity index (χ0v) is 12.2. The maximum absolute atomic E-state index is 11.9. The van der Waals surface area contributed by atoms with Crippen molar-refractivity contribution >= 4 is 17.0 Å². The Hall–Kier alpha value is -2.08. The minimum absolute atomic E-state index is 0.0722. The molecule has 0 fully saturated rings. The van der Waals surface area contributed by atoms with Gasteiger partial charge in [0.2, 0.25) is 5.91 Å². The van der Waals surface area contributed by atoms with Gasteiger partial charge in [-0.1, -0.05) is 19.1 Å². The van der Waals surface area contributed by atoms with Crippen molar-refractivity contribution in [3.63, 3.8) is 0 Å². The van der Waals surface area contributed by atoms with Crippen LogP contribution in [0.3, 0.4) is 0 Å². The summed E-state index contributed by atoms with van der Waals surface area (Å²) in [7, 11) is 0. The third-order valence-electron chi connectivity index (χ3n) is 3.27. The second-order valence-electron chi connectivity index (χ2n) is 5.42. The molecule has 21 heavy (non-hydrogen) atoms. The second kappa shape index (κ2) is 6.58. The Bertz CT molecular complexity index is 672. The average Bonchev–Trinajstić information content (AvgIpc) is 2.72. The van der Waals surface area contributed by atoms with Crippen LogP contribution in [0, 0.1) is 5.92 Å². The van der Waals surface area contributed by atoms with E-state index < -0.39 is 11.9 Å². The maximum Gasteiger partial charge on any atom is 0.420 e. The highest BCUT2D eigenvalue weighted by atomic mass is 16.4. The van der Waals surface area contributed by atoms with Gasteiger partial charge in [-0.15, -0.1) is 0 Å². The van der Waals surface area contributed by atoms with E-state index in [1.165, 1.54) is 4.57 Å². The van der Waals surface area contributed by atoms with Crippen LogP contribution in [0.1, 0.15) is 20.3 Å². The molecular formula is C15H20N2O4. The Kier molecular flexibility index (Phi) is 4.80. The number of para-hydroxylation sites is 2. The van der Waals surface area contributed by atoms with Gasteiger partial charge in [0.15, 0.2) is 5.58 Å². The lowest BCUT2D eigenvalue weighted by Crippen LogP contribution is -2.34. The van der Waals surface area contributed by atoms with E-state index in [-0.39, 0.29) is 18.4 Å². The molecule has 6 nitrogen and oxygen atoms in total. The lowest BCUT2D eigenvalue weighted by atomic mass is 10.1. The van der Waals surface area contributed by atoms with Gasteiger partial charge in [-0.25, -0.2) is 4.79 Å². The van der Waals surface area contributed by atoms with Crippen LogP contribution in [0.5, 0.6) is 0 Å². The van der Waals surface area contributed by atoms with Crippen molar-refractivity contribution in [3.8, 4) is 0 Å². The molecule has 0 saturated heterocycles. The zero-order valence-electron chi connectivity index (χ0n) is 12.2. The summed E-state index contributed by atoms with van der Waals surface area (Å²) in [5, 5.41) is 12.0. The number of fused-ring (bicyclic) bond motifs is 1. The number of nitrogens with zero attached hydrogens (tertiary/aromatic N) is 1. The number of carbonyl (C=O) groups excluding carboxylic acids is 1. The summed E-state index contributed by atoms with van der Waals surface area (Å²) in [5.74, 6) is -0.615. The monoisotopic (exact) mass is 292 g/mol. The van der Waals surface area contributed by atoms with Gasteiger partial charge in [-0.05, 0) is 31.4 Å². The van der Waals surface area contributed by atoms with Crippen molar-refractivity contribution in [3.05, 3.63) is 34.8 Å². The smallest absolute Gasteiger partial charge is 0.408 e. The SMILES string of the molecule is CC(O)CC(C)CNC(=O)Cn1c(=O)oc2ccccc21. The first-order valence-corrected chi connectivity index (χ1v) is 7.00. The van der Waals surface area contributed by atoms with Gasteiger partial charge in [0.05, 0.1) is 11.6 Å². The fraction of sp³-hybridized carbons (Fsp3) is 0.467.